The second-order valence-electron chi connectivity index (χ2n) is 9.35. The molecule has 2 aliphatic rings. The molecule has 0 bridgehead atoms. The number of nitrogens with one attached hydrogen (secondary N) is 1. The topological polar surface area (TPSA) is 55.2 Å². The monoisotopic (exact) mass is 481 g/mol. The molecule has 0 spiro atoms. The average Bonchev–Trinajstić information content (AvgIpc) is 3.45. The first-order valence-electron chi connectivity index (χ1n) is 12.1. The molecule has 6 nitrogen and oxygen atoms in total. The summed E-state index contributed by atoms with van der Waals surface area (Å²) < 4.78 is 50.1. The van der Waals surface area contributed by atoms with Crippen molar-refractivity contribution < 1.29 is 17.9 Å². The van der Waals surface area contributed by atoms with E-state index in [4.69, 9.17) is 4.74 Å². The lowest BCUT2D eigenvalue weighted by Gasteiger charge is -2.15. The molecular formula is C26H26F3N5O. The van der Waals surface area contributed by atoms with Gasteiger partial charge in [-0.2, -0.15) is 5.10 Å². The Balaban J connectivity index is 1.36. The predicted octanol–water partition coefficient (Wildman–Crippen LogP) is 5.42. The second kappa shape index (κ2) is 9.03. The quantitative estimate of drug-likeness (QED) is 0.364. The highest BCUT2D eigenvalue weighted by molar-refractivity contribution is 6.13. The van der Waals surface area contributed by atoms with Crippen molar-refractivity contribution in [3.05, 3.63) is 59.5 Å². The molecule has 0 amide bonds. The highest BCUT2D eigenvalue weighted by Crippen LogP contribution is 2.44. The van der Waals surface area contributed by atoms with Gasteiger partial charge in [0, 0.05) is 30.6 Å². The molecule has 9 heteroatoms. The van der Waals surface area contributed by atoms with Crippen LogP contribution in [-0.2, 0) is 6.54 Å². The van der Waals surface area contributed by atoms with Crippen molar-refractivity contribution in [1.29, 1.82) is 0 Å². The van der Waals surface area contributed by atoms with Gasteiger partial charge in [-0.15, -0.1) is 5.10 Å². The van der Waals surface area contributed by atoms with Gasteiger partial charge in [-0.3, -0.25) is 4.90 Å². The van der Waals surface area contributed by atoms with Crippen molar-refractivity contribution in [2.75, 3.05) is 31.6 Å². The van der Waals surface area contributed by atoms with Gasteiger partial charge in [0.2, 0.25) is 0 Å². The molecule has 2 aromatic carbocycles. The zero-order chi connectivity index (χ0) is 23.9. The first kappa shape index (κ1) is 22.2. The van der Waals surface area contributed by atoms with E-state index >= 15 is 4.39 Å². The molecule has 4 aromatic rings. The van der Waals surface area contributed by atoms with Gasteiger partial charge >= 0.3 is 0 Å². The van der Waals surface area contributed by atoms with Crippen molar-refractivity contribution in [1.82, 2.24) is 19.7 Å². The number of rotatable bonds is 8. The van der Waals surface area contributed by atoms with Gasteiger partial charge in [0.05, 0.1) is 22.6 Å². The molecule has 2 aromatic heterocycles. The van der Waals surface area contributed by atoms with Gasteiger partial charge in [-0.25, -0.2) is 13.2 Å². The maximum atomic E-state index is 15.1. The van der Waals surface area contributed by atoms with Gasteiger partial charge in [0.15, 0.2) is 29.0 Å². The first-order chi connectivity index (χ1) is 17.1. The summed E-state index contributed by atoms with van der Waals surface area (Å²) in [5, 5.41) is 13.3. The summed E-state index contributed by atoms with van der Waals surface area (Å²) in [6, 6.07) is 7.36. The Labute approximate surface area is 200 Å². The average molecular weight is 482 g/mol. The smallest absolute Gasteiger partial charge is 0.167 e. The minimum absolute atomic E-state index is 0.218. The van der Waals surface area contributed by atoms with Gasteiger partial charge in [0.1, 0.15) is 6.61 Å². The maximum absolute atomic E-state index is 15.1. The van der Waals surface area contributed by atoms with E-state index in [1.54, 1.807) is 12.3 Å². The number of hydrogen-bond donors (Lipinski definition) is 1. The van der Waals surface area contributed by atoms with Crippen LogP contribution in [0.25, 0.3) is 21.8 Å². The molecule has 0 radical (unpaired) electrons. The second-order valence-corrected chi connectivity index (χ2v) is 9.35. The van der Waals surface area contributed by atoms with E-state index in [0.29, 0.717) is 24.0 Å². The molecule has 1 saturated heterocycles. The standard InChI is InChI=1S/C26H26F3N5O/c27-19-6-3-16(11-20(19)28)14-30-26-25-18-12-24(35-10-9-33-7-1-2-8-33)21(29)13-22(18)34(17-4-5-17)23(25)15-31-32-26/h3,6,11-13,15,17H,1-2,4-5,7-10,14H2,(H,30,32). The highest BCUT2D eigenvalue weighted by atomic mass is 19.2. The van der Waals surface area contributed by atoms with Crippen LogP contribution in [0.3, 0.4) is 0 Å². The Morgan fingerprint density at radius 3 is 2.57 bits per heavy atom. The van der Waals surface area contributed by atoms with E-state index in [-0.39, 0.29) is 18.1 Å². The summed E-state index contributed by atoms with van der Waals surface area (Å²) in [5.74, 6) is -1.45. The Kier molecular flexibility index (Phi) is 5.72. The molecule has 1 saturated carbocycles. The van der Waals surface area contributed by atoms with Gasteiger partial charge in [-0.05, 0) is 62.5 Å². The van der Waals surface area contributed by atoms with Crippen molar-refractivity contribution in [3.8, 4) is 5.75 Å². The third-order valence-electron chi connectivity index (χ3n) is 6.89. The van der Waals surface area contributed by atoms with Gasteiger partial charge in [0.25, 0.3) is 0 Å². The summed E-state index contributed by atoms with van der Waals surface area (Å²) in [6.45, 7) is 3.55. The molecule has 35 heavy (non-hydrogen) atoms. The van der Waals surface area contributed by atoms with Crippen molar-refractivity contribution >= 4 is 27.6 Å². The normalized spacial score (nSPS) is 16.4. The van der Waals surface area contributed by atoms with Gasteiger partial charge < -0.3 is 14.6 Å². The number of ether oxygens (including phenoxy) is 1. The minimum Gasteiger partial charge on any atom is -0.489 e. The van der Waals surface area contributed by atoms with Crippen LogP contribution in [0, 0.1) is 17.5 Å². The van der Waals surface area contributed by atoms with Crippen LogP contribution in [0.1, 0.15) is 37.3 Å². The SMILES string of the molecule is Fc1ccc(CNc2nncc3c2c2cc(OCCN4CCCC4)c(F)cc2n3C2CC2)cc1F. The van der Waals surface area contributed by atoms with Crippen molar-refractivity contribution in [2.45, 2.75) is 38.3 Å². The summed E-state index contributed by atoms with van der Waals surface area (Å²) in [6.07, 6.45) is 6.13. The van der Waals surface area contributed by atoms with E-state index in [2.05, 4.69) is 25.0 Å². The predicted molar refractivity (Wildman–Crippen MR) is 128 cm³/mol. The number of nitrogens with zero attached hydrogens (tertiary/aromatic N) is 4. The zero-order valence-electron chi connectivity index (χ0n) is 19.2. The number of fused-ring (bicyclic) bond motifs is 3. The lowest BCUT2D eigenvalue weighted by Crippen LogP contribution is -2.25. The first-order valence-corrected chi connectivity index (χ1v) is 12.1. The van der Waals surface area contributed by atoms with Crippen LogP contribution in [-0.4, -0.2) is 45.9 Å². The molecule has 182 valence electrons. The van der Waals surface area contributed by atoms with Crippen LogP contribution in [0.15, 0.2) is 36.5 Å². The Hall–Kier alpha value is -3.33. The number of aromatic nitrogens is 3. The number of halogens is 3. The molecule has 6 rings (SSSR count). The Morgan fingerprint density at radius 2 is 1.80 bits per heavy atom. The largest absolute Gasteiger partial charge is 0.489 e. The van der Waals surface area contributed by atoms with E-state index in [1.165, 1.54) is 25.0 Å². The molecule has 0 atom stereocenters. The van der Waals surface area contributed by atoms with Crippen LogP contribution in [0.5, 0.6) is 5.75 Å². The maximum Gasteiger partial charge on any atom is 0.167 e. The summed E-state index contributed by atoms with van der Waals surface area (Å²) in [5.41, 5.74) is 2.21. The molecule has 1 aliphatic heterocycles. The van der Waals surface area contributed by atoms with Crippen molar-refractivity contribution in [3.63, 3.8) is 0 Å². The molecule has 3 heterocycles. The van der Waals surface area contributed by atoms with E-state index < -0.39 is 11.6 Å². The summed E-state index contributed by atoms with van der Waals surface area (Å²) in [7, 11) is 0. The Bertz CT molecular complexity index is 1400. The molecule has 0 unspecified atom stereocenters. The summed E-state index contributed by atoms with van der Waals surface area (Å²) >= 11 is 0. The third kappa shape index (κ3) is 4.29. The van der Waals surface area contributed by atoms with Gasteiger partial charge in [-0.1, -0.05) is 6.07 Å². The van der Waals surface area contributed by atoms with E-state index in [0.717, 1.165) is 66.4 Å². The lowest BCUT2D eigenvalue weighted by atomic mass is 10.1. The number of benzene rings is 2. The lowest BCUT2D eigenvalue weighted by molar-refractivity contribution is 0.231. The third-order valence-corrected chi connectivity index (χ3v) is 6.89. The molecular weight excluding hydrogens is 455 g/mol. The van der Waals surface area contributed by atoms with Crippen LogP contribution < -0.4 is 10.1 Å². The van der Waals surface area contributed by atoms with Crippen LogP contribution >= 0.6 is 0 Å². The number of anilines is 1. The zero-order valence-corrected chi connectivity index (χ0v) is 19.2. The highest BCUT2D eigenvalue weighted by Gasteiger charge is 2.29. The molecule has 1 N–H and O–H groups in total. The van der Waals surface area contributed by atoms with Crippen LogP contribution in [0.4, 0.5) is 19.0 Å². The Morgan fingerprint density at radius 1 is 0.971 bits per heavy atom. The van der Waals surface area contributed by atoms with Crippen molar-refractivity contribution in [2.24, 2.45) is 0 Å². The summed E-state index contributed by atoms with van der Waals surface area (Å²) in [4.78, 5) is 2.32. The molecule has 2 fully saturated rings. The fourth-order valence-electron chi connectivity index (χ4n) is 4.98. The number of hydrogen-bond acceptors (Lipinski definition) is 5. The molecule has 1 aliphatic carbocycles. The fraction of sp³-hybridized carbons (Fsp3) is 0.385. The van der Waals surface area contributed by atoms with E-state index in [9.17, 15) is 8.78 Å². The number of likely N-dealkylation sites (tertiary alicyclic amines) is 1. The fourth-order valence-corrected chi connectivity index (χ4v) is 4.98. The van der Waals surface area contributed by atoms with Crippen LogP contribution in [0.2, 0.25) is 0 Å². The minimum atomic E-state index is -0.898. The van der Waals surface area contributed by atoms with E-state index in [1.807, 2.05) is 0 Å².